The Balaban J connectivity index is 2.55. The zero-order valence-electron chi connectivity index (χ0n) is 9.08. The molecular formula is C12H17NO. The molecule has 2 nitrogen and oxygen atoms in total. The molecule has 0 aliphatic carbocycles. The van der Waals surface area contributed by atoms with E-state index in [-0.39, 0.29) is 5.78 Å². The van der Waals surface area contributed by atoms with E-state index in [4.69, 9.17) is 0 Å². The summed E-state index contributed by atoms with van der Waals surface area (Å²) in [6, 6.07) is 8.36. The van der Waals surface area contributed by atoms with E-state index in [1.807, 2.05) is 18.0 Å². The van der Waals surface area contributed by atoms with Crippen molar-refractivity contribution in [2.24, 2.45) is 0 Å². The van der Waals surface area contributed by atoms with Crippen LogP contribution >= 0.6 is 0 Å². The molecule has 0 unspecified atom stereocenters. The van der Waals surface area contributed by atoms with Crippen molar-refractivity contribution in [3.63, 3.8) is 0 Å². The van der Waals surface area contributed by atoms with E-state index in [1.165, 1.54) is 11.1 Å². The van der Waals surface area contributed by atoms with E-state index >= 15 is 0 Å². The molecule has 0 saturated heterocycles. The maximum absolute atomic E-state index is 10.9. The first-order valence-electron chi connectivity index (χ1n) is 4.81. The summed E-state index contributed by atoms with van der Waals surface area (Å²) in [7, 11) is 1.96. The van der Waals surface area contributed by atoms with Crippen molar-refractivity contribution in [2.75, 3.05) is 13.6 Å². The van der Waals surface area contributed by atoms with Crippen molar-refractivity contribution in [2.45, 2.75) is 20.4 Å². The fourth-order valence-electron chi connectivity index (χ4n) is 1.56. The van der Waals surface area contributed by atoms with Gasteiger partial charge in [-0.1, -0.05) is 29.8 Å². The molecule has 0 fully saturated rings. The SMILES string of the molecule is CC(=O)CN(C)Cc1cccc(C)c1. The van der Waals surface area contributed by atoms with Crippen LogP contribution in [-0.2, 0) is 11.3 Å². The third-order valence-electron chi connectivity index (χ3n) is 2.03. The Morgan fingerprint density at radius 2 is 2.14 bits per heavy atom. The Morgan fingerprint density at radius 3 is 2.71 bits per heavy atom. The highest BCUT2D eigenvalue weighted by Gasteiger charge is 2.02. The third-order valence-corrected chi connectivity index (χ3v) is 2.03. The smallest absolute Gasteiger partial charge is 0.143 e. The van der Waals surface area contributed by atoms with Crippen molar-refractivity contribution in [1.29, 1.82) is 0 Å². The average Bonchev–Trinajstić information content (AvgIpc) is 2.01. The summed E-state index contributed by atoms with van der Waals surface area (Å²) in [6.07, 6.45) is 0. The standard InChI is InChI=1S/C12H17NO/c1-10-5-4-6-12(7-10)9-13(3)8-11(2)14/h4-7H,8-9H2,1-3H3. The van der Waals surface area contributed by atoms with Gasteiger partial charge in [-0.3, -0.25) is 9.69 Å². The summed E-state index contributed by atoms with van der Waals surface area (Å²) in [6.45, 7) is 5.05. The highest BCUT2D eigenvalue weighted by molar-refractivity contribution is 5.77. The molecule has 0 aliphatic rings. The molecule has 0 aromatic heterocycles. The minimum Gasteiger partial charge on any atom is -0.299 e. The Morgan fingerprint density at radius 1 is 1.43 bits per heavy atom. The van der Waals surface area contributed by atoms with Gasteiger partial charge in [0.05, 0.1) is 6.54 Å². The Labute approximate surface area is 85.5 Å². The first-order chi connectivity index (χ1) is 6.58. The van der Waals surface area contributed by atoms with Gasteiger partial charge in [0.2, 0.25) is 0 Å². The summed E-state index contributed by atoms with van der Waals surface area (Å²) in [4.78, 5) is 12.9. The number of likely N-dealkylation sites (N-methyl/N-ethyl adjacent to an activating group) is 1. The fourth-order valence-corrected chi connectivity index (χ4v) is 1.56. The number of carbonyl (C=O) groups is 1. The van der Waals surface area contributed by atoms with Gasteiger partial charge < -0.3 is 0 Å². The number of benzene rings is 1. The first-order valence-corrected chi connectivity index (χ1v) is 4.81. The zero-order valence-corrected chi connectivity index (χ0v) is 9.08. The number of rotatable bonds is 4. The zero-order chi connectivity index (χ0) is 10.6. The van der Waals surface area contributed by atoms with Crippen molar-refractivity contribution < 1.29 is 4.79 Å². The van der Waals surface area contributed by atoms with Crippen LogP contribution in [0.2, 0.25) is 0 Å². The minimum atomic E-state index is 0.208. The molecule has 0 atom stereocenters. The van der Waals surface area contributed by atoms with Crippen molar-refractivity contribution in [1.82, 2.24) is 4.90 Å². The van der Waals surface area contributed by atoms with E-state index in [9.17, 15) is 4.79 Å². The summed E-state index contributed by atoms with van der Waals surface area (Å²) in [5.74, 6) is 0.208. The summed E-state index contributed by atoms with van der Waals surface area (Å²) in [5, 5.41) is 0. The molecule has 2 heteroatoms. The molecule has 76 valence electrons. The van der Waals surface area contributed by atoms with Gasteiger partial charge in [-0.05, 0) is 26.5 Å². The molecule has 0 N–H and O–H groups in total. The normalized spacial score (nSPS) is 10.6. The predicted molar refractivity (Wildman–Crippen MR) is 58.2 cm³/mol. The Hall–Kier alpha value is -1.15. The molecule has 1 aromatic carbocycles. The summed E-state index contributed by atoms with van der Waals surface area (Å²) < 4.78 is 0. The molecule has 0 spiro atoms. The van der Waals surface area contributed by atoms with Crippen molar-refractivity contribution >= 4 is 5.78 Å². The quantitative estimate of drug-likeness (QED) is 0.725. The van der Waals surface area contributed by atoms with Crippen LogP contribution in [-0.4, -0.2) is 24.3 Å². The lowest BCUT2D eigenvalue weighted by Crippen LogP contribution is -2.23. The predicted octanol–water partition coefficient (Wildman–Crippen LogP) is 2.02. The van der Waals surface area contributed by atoms with E-state index in [0.717, 1.165) is 6.54 Å². The minimum absolute atomic E-state index is 0.208. The summed E-state index contributed by atoms with van der Waals surface area (Å²) in [5.41, 5.74) is 2.52. The number of hydrogen-bond acceptors (Lipinski definition) is 2. The first kappa shape index (κ1) is 10.9. The van der Waals surface area contributed by atoms with Crippen LogP contribution in [0.1, 0.15) is 18.1 Å². The molecule has 0 bridgehead atoms. The van der Waals surface area contributed by atoms with E-state index in [1.54, 1.807) is 6.92 Å². The molecule has 14 heavy (non-hydrogen) atoms. The van der Waals surface area contributed by atoms with Crippen LogP contribution in [0.3, 0.4) is 0 Å². The van der Waals surface area contributed by atoms with Gasteiger partial charge >= 0.3 is 0 Å². The Bertz CT molecular complexity index is 320. The fraction of sp³-hybridized carbons (Fsp3) is 0.417. The maximum Gasteiger partial charge on any atom is 0.143 e. The lowest BCUT2D eigenvalue weighted by Gasteiger charge is -2.14. The second-order valence-electron chi connectivity index (χ2n) is 3.86. The molecule has 1 aromatic rings. The van der Waals surface area contributed by atoms with Crippen LogP contribution < -0.4 is 0 Å². The molecule has 1 rings (SSSR count). The van der Waals surface area contributed by atoms with Crippen LogP contribution in [0.25, 0.3) is 0 Å². The lowest BCUT2D eigenvalue weighted by molar-refractivity contribution is -0.117. The third kappa shape index (κ3) is 3.71. The summed E-state index contributed by atoms with van der Waals surface area (Å²) >= 11 is 0. The number of carbonyl (C=O) groups excluding carboxylic acids is 1. The van der Waals surface area contributed by atoms with Crippen molar-refractivity contribution in [3.8, 4) is 0 Å². The Kier molecular flexibility index (Phi) is 3.84. The number of hydrogen-bond donors (Lipinski definition) is 0. The molecule has 0 radical (unpaired) electrons. The molecule has 0 saturated carbocycles. The van der Waals surface area contributed by atoms with E-state index < -0.39 is 0 Å². The van der Waals surface area contributed by atoms with E-state index in [2.05, 4.69) is 25.1 Å². The second-order valence-corrected chi connectivity index (χ2v) is 3.86. The number of aryl methyl sites for hydroxylation is 1. The molecule has 0 amide bonds. The van der Waals surface area contributed by atoms with Gasteiger partial charge in [0.25, 0.3) is 0 Å². The topological polar surface area (TPSA) is 20.3 Å². The highest BCUT2D eigenvalue weighted by atomic mass is 16.1. The monoisotopic (exact) mass is 191 g/mol. The average molecular weight is 191 g/mol. The molecular weight excluding hydrogens is 174 g/mol. The molecule has 0 heterocycles. The van der Waals surface area contributed by atoms with Gasteiger partial charge in [0, 0.05) is 6.54 Å². The van der Waals surface area contributed by atoms with Crippen LogP contribution in [0.15, 0.2) is 24.3 Å². The van der Waals surface area contributed by atoms with Gasteiger partial charge in [-0.2, -0.15) is 0 Å². The number of nitrogens with zero attached hydrogens (tertiary/aromatic N) is 1. The van der Waals surface area contributed by atoms with Gasteiger partial charge in [0.1, 0.15) is 5.78 Å². The largest absolute Gasteiger partial charge is 0.299 e. The van der Waals surface area contributed by atoms with Gasteiger partial charge in [0.15, 0.2) is 0 Å². The molecule has 0 aliphatic heterocycles. The van der Waals surface area contributed by atoms with Crippen LogP contribution in [0.5, 0.6) is 0 Å². The second kappa shape index (κ2) is 4.91. The van der Waals surface area contributed by atoms with Crippen molar-refractivity contribution in [3.05, 3.63) is 35.4 Å². The van der Waals surface area contributed by atoms with Gasteiger partial charge in [-0.25, -0.2) is 0 Å². The lowest BCUT2D eigenvalue weighted by atomic mass is 10.1. The number of Topliss-reactive ketones (excluding diaryl/α,β-unsaturated/α-hetero) is 1. The maximum atomic E-state index is 10.9. The van der Waals surface area contributed by atoms with Crippen LogP contribution in [0.4, 0.5) is 0 Å². The van der Waals surface area contributed by atoms with Crippen LogP contribution in [0, 0.1) is 6.92 Å². The van der Waals surface area contributed by atoms with E-state index in [0.29, 0.717) is 6.54 Å². The number of ketones is 1. The highest BCUT2D eigenvalue weighted by Crippen LogP contribution is 2.06. The van der Waals surface area contributed by atoms with Gasteiger partial charge in [-0.15, -0.1) is 0 Å².